The molecule has 4 rings (SSSR count). The fraction of sp³-hybridized carbons (Fsp3) is 0.263. The van der Waals surface area contributed by atoms with Gasteiger partial charge in [0.25, 0.3) is 0 Å². The predicted molar refractivity (Wildman–Crippen MR) is 97.1 cm³/mol. The van der Waals surface area contributed by atoms with Crippen LogP contribution >= 0.6 is 0 Å². The molecule has 138 valence electrons. The molecule has 1 aliphatic rings. The number of hydrogen-bond donors (Lipinski definition) is 1. The number of anilines is 1. The van der Waals surface area contributed by atoms with Crippen molar-refractivity contribution < 1.29 is 13.9 Å². The van der Waals surface area contributed by atoms with E-state index in [-0.39, 0.29) is 23.4 Å². The van der Waals surface area contributed by atoms with Crippen molar-refractivity contribution in [3.8, 4) is 28.8 Å². The second-order valence-electron chi connectivity index (χ2n) is 6.32. The van der Waals surface area contributed by atoms with E-state index < -0.39 is 5.82 Å². The van der Waals surface area contributed by atoms with Crippen LogP contribution in [-0.4, -0.2) is 27.3 Å². The van der Waals surface area contributed by atoms with E-state index in [1.165, 1.54) is 19.5 Å². The topological polar surface area (TPSA) is 96.0 Å². The summed E-state index contributed by atoms with van der Waals surface area (Å²) in [6.07, 6.45) is 4.44. The van der Waals surface area contributed by atoms with Crippen LogP contribution in [0.2, 0.25) is 0 Å². The number of methoxy groups -OCH3 is 1. The third kappa shape index (κ3) is 3.38. The Bertz CT molecular complexity index is 961. The van der Waals surface area contributed by atoms with E-state index in [0.29, 0.717) is 17.1 Å². The molecule has 0 saturated heterocycles. The number of hydrogen-bond acceptors (Lipinski definition) is 7. The summed E-state index contributed by atoms with van der Waals surface area (Å²) >= 11 is 0. The van der Waals surface area contributed by atoms with Crippen LogP contribution in [0.4, 0.5) is 10.2 Å². The van der Waals surface area contributed by atoms with Gasteiger partial charge in [0.15, 0.2) is 11.6 Å². The van der Waals surface area contributed by atoms with Gasteiger partial charge in [0.2, 0.25) is 11.8 Å². The van der Waals surface area contributed by atoms with E-state index in [1.54, 1.807) is 18.2 Å². The van der Waals surface area contributed by atoms with E-state index in [9.17, 15) is 0 Å². The molecule has 2 N–H and O–H groups in total. The number of aromatic nitrogens is 4. The molecule has 0 aliphatic heterocycles. The lowest BCUT2D eigenvalue weighted by atomic mass is 9.79. The molecule has 0 radical (unpaired) electrons. The molecule has 2 heterocycles. The van der Waals surface area contributed by atoms with Gasteiger partial charge in [-0.25, -0.2) is 14.4 Å². The Hall–Kier alpha value is -3.29. The van der Waals surface area contributed by atoms with Crippen LogP contribution in [0.5, 0.6) is 17.5 Å². The summed E-state index contributed by atoms with van der Waals surface area (Å²) in [5.74, 6) is 0.736. The summed E-state index contributed by atoms with van der Waals surface area (Å²) < 4.78 is 26.3. The second kappa shape index (κ2) is 7.14. The molecule has 27 heavy (non-hydrogen) atoms. The zero-order valence-corrected chi connectivity index (χ0v) is 14.7. The third-order valence-corrected chi connectivity index (χ3v) is 4.67. The van der Waals surface area contributed by atoms with Crippen LogP contribution in [0.15, 0.2) is 36.7 Å². The molecular weight excluding hydrogens is 349 g/mol. The second-order valence-corrected chi connectivity index (χ2v) is 6.32. The molecule has 3 aromatic rings. The zero-order chi connectivity index (χ0) is 18.8. The molecule has 1 aliphatic carbocycles. The van der Waals surface area contributed by atoms with Gasteiger partial charge < -0.3 is 15.2 Å². The van der Waals surface area contributed by atoms with Crippen molar-refractivity contribution in [2.45, 2.75) is 25.2 Å². The lowest BCUT2D eigenvalue weighted by molar-refractivity contribution is 0.368. The molecule has 1 fully saturated rings. The first-order valence-electron chi connectivity index (χ1n) is 8.61. The smallest absolute Gasteiger partial charge is 0.226 e. The highest BCUT2D eigenvalue weighted by atomic mass is 19.1. The lowest BCUT2D eigenvalue weighted by Crippen LogP contribution is -2.11. The van der Waals surface area contributed by atoms with Crippen molar-refractivity contribution >= 4 is 5.82 Å². The first-order valence-corrected chi connectivity index (χ1v) is 8.61. The summed E-state index contributed by atoms with van der Waals surface area (Å²) in [5, 5.41) is 7.78. The highest BCUT2D eigenvalue weighted by Crippen LogP contribution is 2.44. The number of ether oxygens (including phenoxy) is 2. The van der Waals surface area contributed by atoms with Crippen molar-refractivity contribution in [1.29, 1.82) is 0 Å². The summed E-state index contributed by atoms with van der Waals surface area (Å²) in [5.41, 5.74) is 7.07. The molecule has 0 amide bonds. The van der Waals surface area contributed by atoms with Gasteiger partial charge in [-0.05, 0) is 37.0 Å². The third-order valence-electron chi connectivity index (χ3n) is 4.67. The maximum absolute atomic E-state index is 15.4. The Balaban J connectivity index is 1.78. The van der Waals surface area contributed by atoms with Crippen LogP contribution in [0, 0.1) is 5.82 Å². The van der Waals surface area contributed by atoms with Gasteiger partial charge in [0, 0.05) is 11.1 Å². The monoisotopic (exact) mass is 367 g/mol. The summed E-state index contributed by atoms with van der Waals surface area (Å²) in [7, 11) is 1.49. The molecule has 1 saturated carbocycles. The molecule has 8 heteroatoms. The number of nitrogen functional groups attached to an aromatic ring is 1. The van der Waals surface area contributed by atoms with Gasteiger partial charge in [-0.2, -0.15) is 0 Å². The van der Waals surface area contributed by atoms with Crippen molar-refractivity contribution in [2.24, 2.45) is 0 Å². The maximum atomic E-state index is 15.4. The molecule has 0 unspecified atom stereocenters. The normalized spacial score (nSPS) is 13.9. The molecule has 2 aromatic heterocycles. The number of rotatable bonds is 5. The van der Waals surface area contributed by atoms with Gasteiger partial charge in [0.1, 0.15) is 12.1 Å². The Morgan fingerprint density at radius 1 is 1.07 bits per heavy atom. The Labute approximate surface area is 155 Å². The van der Waals surface area contributed by atoms with E-state index >= 15 is 4.39 Å². The molecule has 0 spiro atoms. The van der Waals surface area contributed by atoms with Crippen molar-refractivity contribution in [1.82, 2.24) is 20.2 Å². The van der Waals surface area contributed by atoms with E-state index in [4.69, 9.17) is 15.2 Å². The fourth-order valence-electron chi connectivity index (χ4n) is 2.99. The Morgan fingerprint density at radius 3 is 2.56 bits per heavy atom. The highest BCUT2D eigenvalue weighted by Gasteiger charge is 2.27. The Morgan fingerprint density at radius 2 is 1.89 bits per heavy atom. The number of nitrogens with zero attached hydrogens (tertiary/aromatic N) is 4. The van der Waals surface area contributed by atoms with Gasteiger partial charge in [0.05, 0.1) is 18.9 Å². The quantitative estimate of drug-likeness (QED) is 0.734. The van der Waals surface area contributed by atoms with Crippen LogP contribution in [0.3, 0.4) is 0 Å². The summed E-state index contributed by atoms with van der Waals surface area (Å²) in [4.78, 5) is 8.00. The van der Waals surface area contributed by atoms with Gasteiger partial charge in [-0.3, -0.25) is 0 Å². The van der Waals surface area contributed by atoms with E-state index in [1.807, 2.05) is 6.07 Å². The van der Waals surface area contributed by atoms with Crippen LogP contribution < -0.4 is 15.2 Å². The van der Waals surface area contributed by atoms with Crippen molar-refractivity contribution in [3.63, 3.8) is 0 Å². The summed E-state index contributed by atoms with van der Waals surface area (Å²) in [6.45, 7) is 0. The molecule has 0 atom stereocenters. The first kappa shape index (κ1) is 17.1. The van der Waals surface area contributed by atoms with Crippen LogP contribution in [0.1, 0.15) is 30.7 Å². The average molecular weight is 367 g/mol. The largest absolute Gasteiger partial charge is 0.481 e. The minimum atomic E-state index is -0.504. The van der Waals surface area contributed by atoms with Crippen molar-refractivity contribution in [3.05, 3.63) is 48.0 Å². The highest BCUT2D eigenvalue weighted by molar-refractivity contribution is 5.64. The molecular formula is C19H18FN5O2. The molecule has 0 bridgehead atoms. The van der Waals surface area contributed by atoms with Crippen LogP contribution in [0.25, 0.3) is 11.3 Å². The van der Waals surface area contributed by atoms with Crippen LogP contribution in [-0.2, 0) is 0 Å². The Kier molecular flexibility index (Phi) is 4.53. The standard InChI is InChI=1S/C19H18FN5O2/c1-26-16-9-17(23-10-22-16)27-19-12(11-3-2-4-11)5-6-13(18(19)20)14-7-8-15(21)25-24-14/h5-11H,2-4H2,1H3,(H2,21,25). The molecule has 1 aromatic carbocycles. The van der Waals surface area contributed by atoms with Gasteiger partial charge in [-0.1, -0.05) is 12.5 Å². The predicted octanol–water partition coefficient (Wildman–Crippen LogP) is 3.72. The SMILES string of the molecule is COc1cc(Oc2c(C3CCC3)ccc(-c3ccc(N)nn3)c2F)ncn1. The lowest BCUT2D eigenvalue weighted by Gasteiger charge is -2.28. The fourth-order valence-corrected chi connectivity index (χ4v) is 2.99. The maximum Gasteiger partial charge on any atom is 0.226 e. The first-order chi connectivity index (χ1) is 13.2. The summed E-state index contributed by atoms with van der Waals surface area (Å²) in [6, 6.07) is 8.31. The number of nitrogens with two attached hydrogens (primary N) is 1. The van der Waals surface area contributed by atoms with Gasteiger partial charge in [-0.15, -0.1) is 10.2 Å². The van der Waals surface area contributed by atoms with Gasteiger partial charge >= 0.3 is 0 Å². The zero-order valence-electron chi connectivity index (χ0n) is 14.7. The minimum absolute atomic E-state index is 0.150. The number of benzene rings is 1. The number of halogens is 1. The molecule has 7 nitrogen and oxygen atoms in total. The van der Waals surface area contributed by atoms with E-state index in [2.05, 4.69) is 20.2 Å². The minimum Gasteiger partial charge on any atom is -0.481 e. The van der Waals surface area contributed by atoms with Crippen molar-refractivity contribution in [2.75, 3.05) is 12.8 Å². The average Bonchev–Trinajstić information content (AvgIpc) is 2.64. The van der Waals surface area contributed by atoms with E-state index in [0.717, 1.165) is 24.8 Å².